The average Bonchev–Trinajstić information content (AvgIpc) is 3.27. The van der Waals surface area contributed by atoms with Crippen molar-refractivity contribution in [2.45, 2.75) is 69.9 Å². The number of hydrogen-bond acceptors (Lipinski definition) is 8. The van der Waals surface area contributed by atoms with E-state index in [9.17, 15) is 9.59 Å². The fourth-order valence-electron chi connectivity index (χ4n) is 5.60. The number of piperidine rings is 1. The lowest BCUT2D eigenvalue weighted by atomic mass is 9.94. The number of aromatic nitrogens is 4. The molecular formula is C29H35FN6O4. The summed E-state index contributed by atoms with van der Waals surface area (Å²) in [7, 11) is 5.04. The number of alkyl halides is 1. The number of fused-ring (bicyclic) bond motifs is 2. The van der Waals surface area contributed by atoms with Crippen LogP contribution < -0.4 is 15.2 Å². The molecule has 11 heteroatoms. The van der Waals surface area contributed by atoms with E-state index < -0.39 is 29.9 Å². The fraction of sp³-hybridized carbons (Fsp3) is 0.483. The highest BCUT2D eigenvalue weighted by atomic mass is 19.1. The molecule has 0 saturated carbocycles. The van der Waals surface area contributed by atoms with Crippen molar-refractivity contribution in [3.05, 3.63) is 53.1 Å². The summed E-state index contributed by atoms with van der Waals surface area (Å²) in [5, 5.41) is 8.68. The molecule has 3 aromatic rings. The molecule has 4 heterocycles. The van der Waals surface area contributed by atoms with Crippen LogP contribution >= 0.6 is 0 Å². The van der Waals surface area contributed by atoms with Crippen molar-refractivity contribution in [3.63, 3.8) is 0 Å². The number of carbonyl (C=O) groups is 1. The van der Waals surface area contributed by atoms with Crippen molar-refractivity contribution in [1.29, 1.82) is 0 Å². The highest BCUT2D eigenvalue weighted by Crippen LogP contribution is 2.41. The van der Waals surface area contributed by atoms with Gasteiger partial charge in [-0.2, -0.15) is 0 Å². The van der Waals surface area contributed by atoms with Gasteiger partial charge in [0.15, 0.2) is 11.6 Å². The normalized spacial score (nSPS) is 22.2. The van der Waals surface area contributed by atoms with Gasteiger partial charge >= 0.3 is 6.09 Å². The zero-order valence-electron chi connectivity index (χ0n) is 23.7. The summed E-state index contributed by atoms with van der Waals surface area (Å²) in [6.45, 7) is 5.44. The van der Waals surface area contributed by atoms with Crippen LogP contribution in [0.4, 0.5) is 15.0 Å². The van der Waals surface area contributed by atoms with Gasteiger partial charge in [0, 0.05) is 32.4 Å². The number of nitrogens with zero attached hydrogens (tertiary/aromatic N) is 6. The molecule has 2 aliphatic rings. The molecule has 2 fully saturated rings. The van der Waals surface area contributed by atoms with Gasteiger partial charge in [-0.15, -0.1) is 10.2 Å². The van der Waals surface area contributed by atoms with Gasteiger partial charge in [0.2, 0.25) is 0 Å². The quantitative estimate of drug-likeness (QED) is 0.465. The zero-order chi connectivity index (χ0) is 28.8. The first-order valence-electron chi connectivity index (χ1n) is 13.4. The van der Waals surface area contributed by atoms with E-state index in [0.29, 0.717) is 35.8 Å². The summed E-state index contributed by atoms with van der Waals surface area (Å²) in [6, 6.07) is 7.87. The third kappa shape index (κ3) is 5.24. The van der Waals surface area contributed by atoms with E-state index in [4.69, 9.17) is 9.47 Å². The van der Waals surface area contributed by atoms with E-state index in [1.165, 1.54) is 4.57 Å². The van der Waals surface area contributed by atoms with Gasteiger partial charge < -0.3 is 18.9 Å². The Bertz CT molecular complexity index is 1450. The molecule has 2 saturated heterocycles. The van der Waals surface area contributed by atoms with Crippen LogP contribution in [0.3, 0.4) is 0 Å². The number of anilines is 1. The van der Waals surface area contributed by atoms with Gasteiger partial charge in [-0.3, -0.25) is 9.69 Å². The number of methoxy groups -OCH3 is 1. The minimum atomic E-state index is -1.26. The fourth-order valence-corrected chi connectivity index (χ4v) is 5.60. The lowest BCUT2D eigenvalue weighted by molar-refractivity contribution is -0.0104. The van der Waals surface area contributed by atoms with Crippen LogP contribution in [0.2, 0.25) is 0 Å². The molecule has 10 nitrogen and oxygen atoms in total. The van der Waals surface area contributed by atoms with E-state index in [0.717, 1.165) is 17.5 Å². The number of rotatable bonds is 5. The number of halogens is 1. The van der Waals surface area contributed by atoms with Crippen LogP contribution in [0.5, 0.6) is 5.75 Å². The Morgan fingerprint density at radius 3 is 2.52 bits per heavy atom. The Labute approximate surface area is 232 Å². The minimum Gasteiger partial charge on any atom is -0.496 e. The van der Waals surface area contributed by atoms with Crippen molar-refractivity contribution in [1.82, 2.24) is 24.6 Å². The summed E-state index contributed by atoms with van der Waals surface area (Å²) in [4.78, 5) is 32.7. The summed E-state index contributed by atoms with van der Waals surface area (Å²) in [5.41, 5.74) is 1.50. The SMILES string of the molecule is COc1cc(-c2ccn(C)c(=O)c2)ccc1-c1ncc(N(C)[C@@H]2C[C@H]3CC[C@@H]([C@@H]2F)N3C(=O)OC(C)(C)C)nn1. The molecule has 40 heavy (non-hydrogen) atoms. The Hall–Kier alpha value is -4.02. The average molecular weight is 551 g/mol. The lowest BCUT2D eigenvalue weighted by Gasteiger charge is -2.44. The smallest absolute Gasteiger partial charge is 0.410 e. The maximum atomic E-state index is 15.8. The minimum absolute atomic E-state index is 0.0907. The Balaban J connectivity index is 1.33. The predicted octanol–water partition coefficient (Wildman–Crippen LogP) is 4.23. The first kappa shape index (κ1) is 27.5. The highest BCUT2D eigenvalue weighted by Gasteiger charge is 2.52. The molecule has 2 aromatic heterocycles. The zero-order valence-corrected chi connectivity index (χ0v) is 23.7. The Morgan fingerprint density at radius 1 is 1.12 bits per heavy atom. The molecule has 5 rings (SSSR count). The number of hydrogen-bond donors (Lipinski definition) is 0. The first-order chi connectivity index (χ1) is 19.0. The molecule has 4 atom stereocenters. The molecule has 212 valence electrons. The number of amides is 1. The van der Waals surface area contributed by atoms with E-state index in [1.807, 2.05) is 45.0 Å². The molecule has 0 unspecified atom stereocenters. The molecule has 0 aliphatic carbocycles. The number of benzene rings is 1. The molecule has 0 radical (unpaired) electrons. The number of pyridine rings is 1. The molecule has 0 N–H and O–H groups in total. The van der Waals surface area contributed by atoms with Crippen LogP contribution in [-0.4, -0.2) is 74.8 Å². The van der Waals surface area contributed by atoms with Crippen molar-refractivity contribution in [3.8, 4) is 28.3 Å². The second-order valence-corrected chi connectivity index (χ2v) is 11.5. The van der Waals surface area contributed by atoms with Gasteiger partial charge in [0.25, 0.3) is 5.56 Å². The summed E-state index contributed by atoms with van der Waals surface area (Å²) in [5.74, 6) is 1.34. The number of carbonyl (C=O) groups excluding carboxylic acids is 1. The van der Waals surface area contributed by atoms with Crippen molar-refractivity contribution in [2.75, 3.05) is 19.1 Å². The molecule has 1 amide bonds. The molecule has 0 spiro atoms. The molecule has 2 aliphatic heterocycles. The van der Waals surface area contributed by atoms with Crippen LogP contribution in [0.1, 0.15) is 40.0 Å². The summed E-state index contributed by atoms with van der Waals surface area (Å²) in [6.07, 6.45) is 3.38. The van der Waals surface area contributed by atoms with Crippen LogP contribution in [0.25, 0.3) is 22.5 Å². The van der Waals surface area contributed by atoms with Gasteiger partial charge in [0.05, 0.1) is 31.0 Å². The maximum Gasteiger partial charge on any atom is 0.410 e. The van der Waals surface area contributed by atoms with E-state index in [-0.39, 0.29) is 11.6 Å². The standard InChI is InChI=1S/C29H35FN6O4/c1-29(2,3)40-28(38)36-19-8-10-21(36)26(30)22(15-19)35(5)24-16-31-27(33-32-24)20-9-7-17(13-23(20)39-6)18-11-12-34(4)25(37)14-18/h7,9,11-14,16,19,21-22,26H,8,10,15H2,1-6H3/t19-,21+,22-,26+/m1/s1. The highest BCUT2D eigenvalue weighted by molar-refractivity contribution is 5.73. The summed E-state index contributed by atoms with van der Waals surface area (Å²) < 4.78 is 28.4. The molecular weight excluding hydrogens is 515 g/mol. The van der Waals surface area contributed by atoms with Gasteiger partial charge in [-0.25, -0.2) is 14.2 Å². The van der Waals surface area contributed by atoms with Crippen molar-refractivity contribution in [2.24, 2.45) is 7.05 Å². The van der Waals surface area contributed by atoms with E-state index in [2.05, 4.69) is 15.2 Å². The lowest BCUT2D eigenvalue weighted by Crippen LogP contribution is -2.59. The van der Waals surface area contributed by atoms with Gasteiger partial charge in [-0.1, -0.05) is 6.07 Å². The van der Waals surface area contributed by atoms with E-state index >= 15 is 4.39 Å². The first-order valence-corrected chi connectivity index (χ1v) is 13.4. The Morgan fingerprint density at radius 2 is 1.88 bits per heavy atom. The van der Waals surface area contributed by atoms with Gasteiger partial charge in [-0.05, 0) is 69.4 Å². The topological polar surface area (TPSA) is 103 Å². The van der Waals surface area contributed by atoms with Crippen molar-refractivity contribution >= 4 is 11.9 Å². The third-order valence-electron chi connectivity index (χ3n) is 7.69. The summed E-state index contributed by atoms with van der Waals surface area (Å²) >= 11 is 0. The van der Waals surface area contributed by atoms with Crippen LogP contribution in [-0.2, 0) is 11.8 Å². The third-order valence-corrected chi connectivity index (χ3v) is 7.69. The molecule has 1 aromatic carbocycles. The monoisotopic (exact) mass is 550 g/mol. The van der Waals surface area contributed by atoms with E-state index in [1.54, 1.807) is 49.5 Å². The number of aryl methyl sites for hydroxylation is 1. The second kappa shape index (κ2) is 10.5. The van der Waals surface area contributed by atoms with Gasteiger partial charge in [0.1, 0.15) is 17.5 Å². The predicted molar refractivity (Wildman–Crippen MR) is 149 cm³/mol. The second-order valence-electron chi connectivity index (χ2n) is 11.5. The number of ether oxygens (including phenoxy) is 2. The van der Waals surface area contributed by atoms with Crippen LogP contribution in [0, 0.1) is 0 Å². The van der Waals surface area contributed by atoms with Crippen molar-refractivity contribution < 1.29 is 18.7 Å². The largest absolute Gasteiger partial charge is 0.496 e. The van der Waals surface area contributed by atoms with Crippen LogP contribution in [0.15, 0.2) is 47.5 Å². The maximum absolute atomic E-state index is 15.8. The molecule has 2 bridgehead atoms. The Kier molecular flexibility index (Phi) is 7.24.